The quantitative estimate of drug-likeness (QED) is 0.785. The molecule has 3 nitrogen and oxygen atoms in total. The van der Waals surface area contributed by atoms with E-state index in [1.165, 1.54) is 17.0 Å². The summed E-state index contributed by atoms with van der Waals surface area (Å²) < 4.78 is 5.15. The van der Waals surface area contributed by atoms with Gasteiger partial charge in [0.1, 0.15) is 5.76 Å². The number of furan rings is 1. The normalized spacial score (nSPS) is 10.7. The van der Waals surface area contributed by atoms with E-state index in [4.69, 9.17) is 4.42 Å². The molecule has 0 fully saturated rings. The molecule has 0 radical (unpaired) electrons. The third-order valence-electron chi connectivity index (χ3n) is 3.42. The Labute approximate surface area is 117 Å². The van der Waals surface area contributed by atoms with Crippen molar-refractivity contribution < 1.29 is 9.21 Å². The van der Waals surface area contributed by atoms with Crippen LogP contribution in [-0.4, -0.2) is 5.91 Å². The summed E-state index contributed by atoms with van der Waals surface area (Å²) in [6, 6.07) is 16.0. The second kappa shape index (κ2) is 5.21. The Kier molecular flexibility index (Phi) is 3.25. The van der Waals surface area contributed by atoms with Crippen LogP contribution in [0, 0.1) is 6.92 Å². The van der Waals surface area contributed by atoms with Crippen LogP contribution in [0.5, 0.6) is 0 Å². The highest BCUT2D eigenvalue weighted by Crippen LogP contribution is 2.18. The fourth-order valence-corrected chi connectivity index (χ4v) is 2.34. The lowest BCUT2D eigenvalue weighted by Gasteiger charge is -2.08. The Morgan fingerprint density at radius 3 is 2.70 bits per heavy atom. The van der Waals surface area contributed by atoms with Crippen molar-refractivity contribution >= 4 is 16.7 Å². The molecule has 3 rings (SSSR count). The minimum atomic E-state index is -0.107. The molecule has 1 N–H and O–H groups in total. The van der Waals surface area contributed by atoms with E-state index in [1.807, 2.05) is 24.3 Å². The molecule has 0 aliphatic heterocycles. The summed E-state index contributed by atoms with van der Waals surface area (Å²) in [5.41, 5.74) is 1.70. The average Bonchev–Trinajstić information content (AvgIpc) is 2.91. The molecule has 0 aliphatic carbocycles. The van der Waals surface area contributed by atoms with Crippen LogP contribution in [-0.2, 0) is 6.54 Å². The molecule has 0 unspecified atom stereocenters. The minimum Gasteiger partial charge on any atom is -0.469 e. The maximum atomic E-state index is 12.1. The highest BCUT2D eigenvalue weighted by atomic mass is 16.3. The molecule has 1 amide bonds. The first-order chi connectivity index (χ1) is 9.75. The Balaban J connectivity index is 1.81. The van der Waals surface area contributed by atoms with Crippen molar-refractivity contribution in [3.8, 4) is 0 Å². The van der Waals surface area contributed by atoms with Gasteiger partial charge in [-0.15, -0.1) is 0 Å². The van der Waals surface area contributed by atoms with Gasteiger partial charge < -0.3 is 9.73 Å². The summed E-state index contributed by atoms with van der Waals surface area (Å²) in [4.78, 5) is 12.1. The van der Waals surface area contributed by atoms with Crippen molar-refractivity contribution in [2.45, 2.75) is 13.5 Å². The van der Waals surface area contributed by atoms with Crippen molar-refractivity contribution in [3.63, 3.8) is 0 Å². The van der Waals surface area contributed by atoms with Crippen molar-refractivity contribution in [2.24, 2.45) is 0 Å². The number of carbonyl (C=O) groups is 1. The molecular weight excluding hydrogens is 250 g/mol. The van der Waals surface area contributed by atoms with Crippen molar-refractivity contribution in [1.82, 2.24) is 5.32 Å². The summed E-state index contributed by atoms with van der Waals surface area (Å²) >= 11 is 0. The van der Waals surface area contributed by atoms with E-state index in [9.17, 15) is 4.79 Å². The van der Waals surface area contributed by atoms with Gasteiger partial charge in [-0.05, 0) is 29.3 Å². The maximum Gasteiger partial charge on any atom is 0.255 e. The number of rotatable bonds is 3. The molecule has 2 aromatic carbocycles. The summed E-state index contributed by atoms with van der Waals surface area (Å²) in [5, 5.41) is 5.28. The van der Waals surface area contributed by atoms with E-state index in [0.717, 1.165) is 5.56 Å². The molecule has 100 valence electrons. The van der Waals surface area contributed by atoms with E-state index in [1.54, 1.807) is 13.0 Å². The van der Waals surface area contributed by atoms with Crippen molar-refractivity contribution in [3.05, 3.63) is 71.7 Å². The third-order valence-corrected chi connectivity index (χ3v) is 3.42. The predicted molar refractivity (Wildman–Crippen MR) is 78.6 cm³/mol. The first kappa shape index (κ1) is 12.5. The SMILES string of the molecule is Cc1occc1C(=O)NCc1cccc2ccccc12. The van der Waals surface area contributed by atoms with Gasteiger partial charge in [0.15, 0.2) is 0 Å². The van der Waals surface area contributed by atoms with Gasteiger partial charge in [0, 0.05) is 6.54 Å². The number of hydrogen-bond acceptors (Lipinski definition) is 2. The zero-order valence-electron chi connectivity index (χ0n) is 11.2. The zero-order valence-corrected chi connectivity index (χ0v) is 11.2. The van der Waals surface area contributed by atoms with Gasteiger partial charge in [-0.2, -0.15) is 0 Å². The molecule has 3 heteroatoms. The van der Waals surface area contributed by atoms with Crippen molar-refractivity contribution in [2.75, 3.05) is 0 Å². The molecule has 1 heterocycles. The Morgan fingerprint density at radius 2 is 1.90 bits per heavy atom. The first-order valence-electron chi connectivity index (χ1n) is 6.54. The lowest BCUT2D eigenvalue weighted by molar-refractivity contribution is 0.0949. The summed E-state index contributed by atoms with van der Waals surface area (Å²) in [7, 11) is 0. The van der Waals surface area contributed by atoms with Gasteiger partial charge in [0.2, 0.25) is 0 Å². The Morgan fingerprint density at radius 1 is 1.10 bits per heavy atom. The first-order valence-corrected chi connectivity index (χ1v) is 6.54. The second-order valence-electron chi connectivity index (χ2n) is 4.71. The second-order valence-corrected chi connectivity index (χ2v) is 4.71. The monoisotopic (exact) mass is 265 g/mol. The lowest BCUT2D eigenvalue weighted by Crippen LogP contribution is -2.23. The summed E-state index contributed by atoms with van der Waals surface area (Å²) in [6.45, 7) is 2.29. The van der Waals surface area contributed by atoms with Crippen molar-refractivity contribution in [1.29, 1.82) is 0 Å². The fourth-order valence-electron chi connectivity index (χ4n) is 2.34. The Hall–Kier alpha value is -2.55. The molecule has 0 aliphatic rings. The highest BCUT2D eigenvalue weighted by molar-refractivity contribution is 5.95. The van der Waals surface area contributed by atoms with Gasteiger partial charge in [-0.3, -0.25) is 4.79 Å². The van der Waals surface area contributed by atoms with Gasteiger partial charge >= 0.3 is 0 Å². The van der Waals surface area contributed by atoms with Crippen LogP contribution in [0.4, 0.5) is 0 Å². The van der Waals surface area contributed by atoms with E-state index in [-0.39, 0.29) is 5.91 Å². The van der Waals surface area contributed by atoms with Gasteiger partial charge in [-0.25, -0.2) is 0 Å². The molecule has 0 bridgehead atoms. The largest absolute Gasteiger partial charge is 0.469 e. The molecule has 0 atom stereocenters. The number of nitrogens with one attached hydrogen (secondary N) is 1. The van der Waals surface area contributed by atoms with Crippen LogP contribution in [0.15, 0.2) is 59.2 Å². The number of hydrogen-bond donors (Lipinski definition) is 1. The number of fused-ring (bicyclic) bond motifs is 1. The summed E-state index contributed by atoms with van der Waals surface area (Å²) in [5.74, 6) is 0.532. The molecular formula is C17H15NO2. The van der Waals surface area contributed by atoms with E-state index < -0.39 is 0 Å². The number of carbonyl (C=O) groups excluding carboxylic acids is 1. The van der Waals surface area contributed by atoms with E-state index in [2.05, 4.69) is 23.5 Å². The zero-order chi connectivity index (χ0) is 13.9. The fraction of sp³-hybridized carbons (Fsp3) is 0.118. The van der Waals surface area contributed by atoms with Gasteiger partial charge in [-0.1, -0.05) is 42.5 Å². The maximum absolute atomic E-state index is 12.1. The molecule has 1 aromatic heterocycles. The topological polar surface area (TPSA) is 42.2 Å². The highest BCUT2D eigenvalue weighted by Gasteiger charge is 2.11. The smallest absolute Gasteiger partial charge is 0.255 e. The van der Waals surface area contributed by atoms with Crippen LogP contribution >= 0.6 is 0 Å². The number of benzene rings is 2. The van der Waals surface area contributed by atoms with Gasteiger partial charge in [0.05, 0.1) is 11.8 Å². The van der Waals surface area contributed by atoms with E-state index >= 15 is 0 Å². The predicted octanol–water partition coefficient (Wildman–Crippen LogP) is 3.67. The minimum absolute atomic E-state index is 0.107. The molecule has 0 saturated heterocycles. The van der Waals surface area contributed by atoms with Crippen LogP contribution in [0.3, 0.4) is 0 Å². The standard InChI is InChI=1S/C17H15NO2/c1-12-15(9-10-20-12)17(19)18-11-14-7-4-6-13-5-2-3-8-16(13)14/h2-10H,11H2,1H3,(H,18,19). The van der Waals surface area contributed by atoms with Crippen LogP contribution in [0.2, 0.25) is 0 Å². The Bertz CT molecular complexity index is 753. The number of aryl methyl sites for hydroxylation is 1. The van der Waals surface area contributed by atoms with Crippen LogP contribution in [0.1, 0.15) is 21.7 Å². The third kappa shape index (κ3) is 2.30. The average molecular weight is 265 g/mol. The molecule has 0 saturated carbocycles. The molecule has 0 spiro atoms. The van der Waals surface area contributed by atoms with Gasteiger partial charge in [0.25, 0.3) is 5.91 Å². The molecule has 20 heavy (non-hydrogen) atoms. The van der Waals surface area contributed by atoms with Crippen LogP contribution in [0.25, 0.3) is 10.8 Å². The van der Waals surface area contributed by atoms with E-state index in [0.29, 0.717) is 17.9 Å². The summed E-state index contributed by atoms with van der Waals surface area (Å²) in [6.07, 6.45) is 1.53. The van der Waals surface area contributed by atoms with Crippen LogP contribution < -0.4 is 5.32 Å². The molecule has 3 aromatic rings. The lowest BCUT2D eigenvalue weighted by atomic mass is 10.0. The number of amides is 1.